The van der Waals surface area contributed by atoms with E-state index in [1.807, 2.05) is 42.6 Å². The summed E-state index contributed by atoms with van der Waals surface area (Å²) in [5.41, 5.74) is 0.800. The van der Waals surface area contributed by atoms with E-state index >= 15 is 0 Å². The van der Waals surface area contributed by atoms with Crippen LogP contribution in [0.25, 0.3) is 0 Å². The van der Waals surface area contributed by atoms with Crippen LogP contribution in [0.3, 0.4) is 0 Å². The number of pyridine rings is 1. The number of benzene rings is 1. The highest BCUT2D eigenvalue weighted by Gasteiger charge is 2.31. The van der Waals surface area contributed by atoms with Crippen molar-refractivity contribution in [1.82, 2.24) is 14.8 Å². The first-order valence-corrected chi connectivity index (χ1v) is 10.3. The van der Waals surface area contributed by atoms with Crippen LogP contribution < -0.4 is 0 Å². The van der Waals surface area contributed by atoms with Gasteiger partial charge in [0.05, 0.1) is 0 Å². The van der Waals surface area contributed by atoms with Gasteiger partial charge < -0.3 is 9.80 Å². The molecule has 4 rings (SSSR count). The van der Waals surface area contributed by atoms with Crippen LogP contribution in [-0.2, 0) is 0 Å². The SMILES string of the molecule is O=C(c1ccc(Sc2cccnc2)cc1)N1CCCC1CN1CCCC1. The second-order valence-corrected chi connectivity index (χ2v) is 8.26. The molecule has 5 heteroatoms. The molecule has 4 nitrogen and oxygen atoms in total. The van der Waals surface area contributed by atoms with Gasteiger partial charge >= 0.3 is 0 Å². The third-order valence-corrected chi connectivity index (χ3v) is 6.26. The van der Waals surface area contributed by atoms with Crippen LogP contribution in [0, 0.1) is 0 Å². The lowest BCUT2D eigenvalue weighted by Gasteiger charge is -2.28. The molecule has 0 spiro atoms. The Bertz CT molecular complexity index is 729. The highest BCUT2D eigenvalue weighted by Crippen LogP contribution is 2.28. The summed E-state index contributed by atoms with van der Waals surface area (Å²) in [6.07, 6.45) is 8.50. The van der Waals surface area contributed by atoms with Crippen LogP contribution in [0.15, 0.2) is 58.6 Å². The number of rotatable bonds is 5. The zero-order valence-electron chi connectivity index (χ0n) is 15.0. The Morgan fingerprint density at radius 2 is 1.85 bits per heavy atom. The van der Waals surface area contributed by atoms with E-state index in [1.165, 1.54) is 25.9 Å². The van der Waals surface area contributed by atoms with Crippen molar-refractivity contribution in [3.63, 3.8) is 0 Å². The van der Waals surface area contributed by atoms with E-state index in [0.717, 1.165) is 41.3 Å². The van der Waals surface area contributed by atoms with Crippen molar-refractivity contribution in [3.05, 3.63) is 54.4 Å². The van der Waals surface area contributed by atoms with E-state index < -0.39 is 0 Å². The molecule has 2 fully saturated rings. The molecule has 0 bridgehead atoms. The molecule has 1 atom stereocenters. The predicted octanol–water partition coefficient (Wildman–Crippen LogP) is 3.93. The zero-order chi connectivity index (χ0) is 17.8. The van der Waals surface area contributed by atoms with Crippen molar-refractivity contribution in [1.29, 1.82) is 0 Å². The zero-order valence-corrected chi connectivity index (χ0v) is 15.8. The number of hydrogen-bond donors (Lipinski definition) is 0. The van der Waals surface area contributed by atoms with Crippen molar-refractivity contribution < 1.29 is 4.79 Å². The van der Waals surface area contributed by atoms with Crippen molar-refractivity contribution in [2.45, 2.75) is 41.5 Å². The molecule has 2 aliphatic rings. The van der Waals surface area contributed by atoms with Crippen LogP contribution in [0.4, 0.5) is 0 Å². The van der Waals surface area contributed by atoms with Gasteiger partial charge in [-0.25, -0.2) is 0 Å². The fourth-order valence-electron chi connectivity index (χ4n) is 3.93. The van der Waals surface area contributed by atoms with Gasteiger partial charge in [-0.2, -0.15) is 0 Å². The molecule has 136 valence electrons. The Balaban J connectivity index is 1.40. The number of carbonyl (C=O) groups excluding carboxylic acids is 1. The van der Waals surface area contributed by atoms with Gasteiger partial charge in [0.1, 0.15) is 0 Å². The Morgan fingerprint density at radius 3 is 2.58 bits per heavy atom. The largest absolute Gasteiger partial charge is 0.334 e. The van der Waals surface area contributed by atoms with Crippen molar-refractivity contribution in [2.75, 3.05) is 26.2 Å². The van der Waals surface area contributed by atoms with Gasteiger partial charge in [-0.05, 0) is 75.2 Å². The monoisotopic (exact) mass is 367 g/mol. The second-order valence-electron chi connectivity index (χ2n) is 7.12. The first-order chi connectivity index (χ1) is 12.8. The minimum absolute atomic E-state index is 0.185. The number of amides is 1. The van der Waals surface area contributed by atoms with Gasteiger partial charge in [-0.1, -0.05) is 11.8 Å². The predicted molar refractivity (Wildman–Crippen MR) is 105 cm³/mol. The summed E-state index contributed by atoms with van der Waals surface area (Å²) in [4.78, 5) is 24.0. The minimum atomic E-state index is 0.185. The van der Waals surface area contributed by atoms with E-state index in [4.69, 9.17) is 0 Å². The third kappa shape index (κ3) is 4.10. The maximum absolute atomic E-state index is 13.0. The summed E-state index contributed by atoms with van der Waals surface area (Å²) in [6.45, 7) is 4.32. The van der Waals surface area contributed by atoms with Gasteiger partial charge in [0.25, 0.3) is 5.91 Å². The number of aromatic nitrogens is 1. The smallest absolute Gasteiger partial charge is 0.254 e. The first-order valence-electron chi connectivity index (χ1n) is 9.51. The molecule has 1 unspecified atom stereocenters. The second kappa shape index (κ2) is 8.23. The Morgan fingerprint density at radius 1 is 1.04 bits per heavy atom. The van der Waals surface area contributed by atoms with E-state index in [1.54, 1.807) is 18.0 Å². The molecule has 2 aromatic rings. The average Bonchev–Trinajstić information content (AvgIpc) is 3.35. The maximum atomic E-state index is 13.0. The highest BCUT2D eigenvalue weighted by molar-refractivity contribution is 7.99. The van der Waals surface area contributed by atoms with Crippen LogP contribution in [0.5, 0.6) is 0 Å². The molecular weight excluding hydrogens is 342 g/mol. The van der Waals surface area contributed by atoms with Crippen LogP contribution in [-0.4, -0.2) is 52.9 Å². The third-order valence-electron chi connectivity index (χ3n) is 5.28. The molecule has 26 heavy (non-hydrogen) atoms. The first kappa shape index (κ1) is 17.6. The van der Waals surface area contributed by atoms with Crippen molar-refractivity contribution in [2.24, 2.45) is 0 Å². The number of likely N-dealkylation sites (tertiary alicyclic amines) is 2. The summed E-state index contributed by atoms with van der Waals surface area (Å²) in [6, 6.07) is 12.4. The van der Waals surface area contributed by atoms with Gasteiger partial charge in [-0.3, -0.25) is 9.78 Å². The summed E-state index contributed by atoms with van der Waals surface area (Å²) in [5.74, 6) is 0.185. The quantitative estimate of drug-likeness (QED) is 0.802. The van der Waals surface area contributed by atoms with Gasteiger partial charge in [-0.15, -0.1) is 0 Å². The van der Waals surface area contributed by atoms with Crippen molar-refractivity contribution >= 4 is 17.7 Å². The molecule has 2 aliphatic heterocycles. The highest BCUT2D eigenvalue weighted by atomic mass is 32.2. The van der Waals surface area contributed by atoms with E-state index in [9.17, 15) is 4.79 Å². The molecule has 3 heterocycles. The topological polar surface area (TPSA) is 36.4 Å². The van der Waals surface area contributed by atoms with Crippen LogP contribution in [0.2, 0.25) is 0 Å². The Hall–Kier alpha value is -1.85. The molecule has 1 aromatic heterocycles. The molecule has 0 aliphatic carbocycles. The fraction of sp³-hybridized carbons (Fsp3) is 0.429. The molecule has 0 N–H and O–H groups in total. The van der Waals surface area contributed by atoms with Crippen molar-refractivity contribution in [3.8, 4) is 0 Å². The number of carbonyl (C=O) groups is 1. The van der Waals surface area contributed by atoms with Gasteiger partial charge in [0.2, 0.25) is 0 Å². The minimum Gasteiger partial charge on any atom is -0.334 e. The maximum Gasteiger partial charge on any atom is 0.254 e. The fourth-order valence-corrected chi connectivity index (χ4v) is 4.74. The Labute approximate surface area is 159 Å². The normalized spacial score (nSPS) is 20.6. The van der Waals surface area contributed by atoms with Gasteiger partial charge in [0, 0.05) is 46.9 Å². The molecule has 2 saturated heterocycles. The van der Waals surface area contributed by atoms with Crippen LogP contribution >= 0.6 is 11.8 Å². The van der Waals surface area contributed by atoms with Gasteiger partial charge in [0.15, 0.2) is 0 Å². The summed E-state index contributed by atoms with van der Waals surface area (Å²) < 4.78 is 0. The van der Waals surface area contributed by atoms with Crippen LogP contribution in [0.1, 0.15) is 36.0 Å². The molecule has 0 radical (unpaired) electrons. The molecular formula is C21H25N3OS. The summed E-state index contributed by atoms with van der Waals surface area (Å²) >= 11 is 1.67. The lowest BCUT2D eigenvalue weighted by molar-refractivity contribution is 0.0708. The Kier molecular flexibility index (Phi) is 5.56. The number of hydrogen-bond acceptors (Lipinski definition) is 4. The standard InChI is InChI=1S/C21H25N3OS/c25-21(24-14-4-5-18(24)16-23-12-1-2-13-23)17-7-9-19(10-8-17)26-20-6-3-11-22-15-20/h3,6-11,15,18H,1-2,4-5,12-14,16H2. The lowest BCUT2D eigenvalue weighted by atomic mass is 10.1. The van der Waals surface area contributed by atoms with E-state index in [-0.39, 0.29) is 5.91 Å². The molecule has 1 amide bonds. The summed E-state index contributed by atoms with van der Waals surface area (Å²) in [7, 11) is 0. The van der Waals surface area contributed by atoms with E-state index in [0.29, 0.717) is 6.04 Å². The molecule has 0 saturated carbocycles. The number of nitrogens with zero attached hydrogens (tertiary/aromatic N) is 3. The summed E-state index contributed by atoms with van der Waals surface area (Å²) in [5, 5.41) is 0. The lowest BCUT2D eigenvalue weighted by Crippen LogP contribution is -2.42. The van der Waals surface area contributed by atoms with E-state index in [2.05, 4.69) is 14.8 Å². The molecule has 1 aromatic carbocycles. The average molecular weight is 368 g/mol.